The molecular weight excluding hydrogens is 224 g/mol. The molecular formula is C14H24N4. The minimum absolute atomic E-state index is 0.533. The van der Waals surface area contributed by atoms with Gasteiger partial charge in [0.25, 0.3) is 0 Å². The predicted octanol–water partition coefficient (Wildman–Crippen LogP) is 4.24. The topological polar surface area (TPSA) is 72.3 Å². The van der Waals surface area contributed by atoms with E-state index in [2.05, 4.69) is 36.2 Å². The van der Waals surface area contributed by atoms with Crippen LogP contribution in [-0.2, 0) is 0 Å². The Hall–Kier alpha value is -1.42. The molecule has 0 N–H and O–H groups in total. The van der Waals surface area contributed by atoms with Gasteiger partial charge in [0.1, 0.15) is 0 Å². The van der Waals surface area contributed by atoms with E-state index in [1.807, 2.05) is 6.92 Å². The third kappa shape index (κ3) is 5.77. The lowest BCUT2D eigenvalue weighted by Crippen LogP contribution is -2.24. The predicted molar refractivity (Wildman–Crippen MR) is 71.9 cm³/mol. The van der Waals surface area contributed by atoms with Crippen molar-refractivity contribution in [3.8, 4) is 12.1 Å². The lowest BCUT2D eigenvalue weighted by atomic mass is 9.94. The van der Waals surface area contributed by atoms with Crippen molar-refractivity contribution in [3.63, 3.8) is 0 Å². The molecule has 0 radical (unpaired) electrons. The fourth-order valence-electron chi connectivity index (χ4n) is 1.53. The Bertz CT molecular complexity index is 361. The second kappa shape index (κ2) is 7.11. The molecule has 0 bridgehead atoms. The van der Waals surface area contributed by atoms with Crippen LogP contribution < -0.4 is 0 Å². The van der Waals surface area contributed by atoms with Crippen LogP contribution in [0.15, 0.2) is 10.2 Å². The molecule has 0 rings (SSSR count). The number of nitrogens with zero attached hydrogens (tertiary/aromatic N) is 4. The van der Waals surface area contributed by atoms with Crippen molar-refractivity contribution in [2.24, 2.45) is 16.1 Å². The first-order valence-electron chi connectivity index (χ1n) is 6.57. The summed E-state index contributed by atoms with van der Waals surface area (Å²) in [5.41, 5.74) is -1.61. The van der Waals surface area contributed by atoms with Gasteiger partial charge in [0.2, 0.25) is 0 Å². The van der Waals surface area contributed by atoms with Crippen molar-refractivity contribution in [2.75, 3.05) is 0 Å². The molecule has 2 unspecified atom stereocenters. The first-order valence-corrected chi connectivity index (χ1v) is 6.57. The Labute approximate surface area is 111 Å². The van der Waals surface area contributed by atoms with Crippen LogP contribution in [0.25, 0.3) is 0 Å². The Morgan fingerprint density at radius 1 is 1.00 bits per heavy atom. The maximum Gasteiger partial charge on any atom is 0.164 e. The van der Waals surface area contributed by atoms with E-state index < -0.39 is 11.1 Å². The van der Waals surface area contributed by atoms with Crippen molar-refractivity contribution < 1.29 is 0 Å². The fraction of sp³-hybridized carbons (Fsp3) is 0.857. The van der Waals surface area contributed by atoms with Gasteiger partial charge in [-0.3, -0.25) is 0 Å². The number of hydrogen-bond donors (Lipinski definition) is 0. The molecule has 4 heteroatoms. The van der Waals surface area contributed by atoms with Gasteiger partial charge in [-0.25, -0.2) is 0 Å². The minimum atomic E-state index is -0.809. The molecule has 100 valence electrons. The molecule has 18 heavy (non-hydrogen) atoms. The van der Waals surface area contributed by atoms with Crippen LogP contribution in [0.4, 0.5) is 0 Å². The maximum atomic E-state index is 9.21. The first kappa shape index (κ1) is 16.6. The molecule has 0 saturated carbocycles. The number of rotatable bonds is 7. The summed E-state index contributed by atoms with van der Waals surface area (Å²) in [6.07, 6.45) is 3.15. The molecule has 0 aliphatic carbocycles. The van der Waals surface area contributed by atoms with Gasteiger partial charge in [0.05, 0.1) is 12.1 Å². The third-order valence-corrected chi connectivity index (χ3v) is 2.92. The van der Waals surface area contributed by atoms with E-state index in [1.54, 1.807) is 13.8 Å². The van der Waals surface area contributed by atoms with E-state index in [-0.39, 0.29) is 0 Å². The number of nitriles is 2. The van der Waals surface area contributed by atoms with Crippen LogP contribution in [0.2, 0.25) is 0 Å². The first-order chi connectivity index (χ1) is 8.31. The van der Waals surface area contributed by atoms with E-state index >= 15 is 0 Å². The summed E-state index contributed by atoms with van der Waals surface area (Å²) in [5, 5.41) is 26.6. The van der Waals surface area contributed by atoms with Crippen molar-refractivity contribution in [3.05, 3.63) is 0 Å². The van der Waals surface area contributed by atoms with Gasteiger partial charge in [-0.15, -0.1) is 0 Å². The molecule has 0 spiro atoms. The standard InChI is InChI=1S/C14H24N4/c1-6-8-13(4,10-15)17-18-14(5,11-16)9-7-12(2)3/h12H,6-9H2,1-5H3. The summed E-state index contributed by atoms with van der Waals surface area (Å²) in [7, 11) is 0. The van der Waals surface area contributed by atoms with Gasteiger partial charge < -0.3 is 0 Å². The molecule has 0 aromatic carbocycles. The highest BCUT2D eigenvalue weighted by Crippen LogP contribution is 2.24. The zero-order chi connectivity index (χ0) is 14.2. The quantitative estimate of drug-likeness (QED) is 0.632. The second-order valence-corrected chi connectivity index (χ2v) is 5.65. The van der Waals surface area contributed by atoms with Crippen LogP contribution in [0.3, 0.4) is 0 Å². The molecule has 0 heterocycles. The maximum absolute atomic E-state index is 9.21. The molecule has 0 aliphatic rings. The highest BCUT2D eigenvalue weighted by Gasteiger charge is 2.27. The van der Waals surface area contributed by atoms with Crippen LogP contribution in [0, 0.1) is 28.6 Å². The van der Waals surface area contributed by atoms with Crippen molar-refractivity contribution in [1.82, 2.24) is 0 Å². The Kier molecular flexibility index (Phi) is 6.55. The Morgan fingerprint density at radius 2 is 1.44 bits per heavy atom. The molecule has 0 aromatic rings. The van der Waals surface area contributed by atoms with Gasteiger partial charge >= 0.3 is 0 Å². The van der Waals surface area contributed by atoms with E-state index in [0.717, 1.165) is 12.8 Å². The molecule has 2 atom stereocenters. The molecule has 4 nitrogen and oxygen atoms in total. The summed E-state index contributed by atoms with van der Waals surface area (Å²) in [6.45, 7) is 9.78. The molecule has 0 fully saturated rings. The highest BCUT2D eigenvalue weighted by molar-refractivity contribution is 5.07. The average Bonchev–Trinajstić information content (AvgIpc) is 2.34. The van der Waals surface area contributed by atoms with Crippen LogP contribution in [0.5, 0.6) is 0 Å². The van der Waals surface area contributed by atoms with E-state index in [1.165, 1.54) is 0 Å². The summed E-state index contributed by atoms with van der Waals surface area (Å²) in [5.74, 6) is 0.533. The Balaban J connectivity index is 4.80. The van der Waals surface area contributed by atoms with Crippen LogP contribution in [0.1, 0.15) is 60.3 Å². The SMILES string of the molecule is CCCC(C)(C#N)N=NC(C)(C#N)CCC(C)C. The van der Waals surface area contributed by atoms with Crippen LogP contribution >= 0.6 is 0 Å². The summed E-state index contributed by atoms with van der Waals surface area (Å²) < 4.78 is 0. The zero-order valence-corrected chi connectivity index (χ0v) is 12.2. The summed E-state index contributed by atoms with van der Waals surface area (Å²) in [4.78, 5) is 0. The van der Waals surface area contributed by atoms with E-state index in [0.29, 0.717) is 18.8 Å². The largest absolute Gasteiger partial charge is 0.196 e. The monoisotopic (exact) mass is 248 g/mol. The lowest BCUT2D eigenvalue weighted by molar-refractivity contribution is 0.415. The minimum Gasteiger partial charge on any atom is -0.196 e. The van der Waals surface area contributed by atoms with Gasteiger partial charge in [-0.2, -0.15) is 20.8 Å². The lowest BCUT2D eigenvalue weighted by Gasteiger charge is -2.19. The molecule has 0 aromatic heterocycles. The number of azo groups is 1. The zero-order valence-electron chi connectivity index (χ0n) is 12.2. The van der Waals surface area contributed by atoms with E-state index in [4.69, 9.17) is 5.26 Å². The van der Waals surface area contributed by atoms with Crippen molar-refractivity contribution in [2.45, 2.75) is 71.4 Å². The van der Waals surface area contributed by atoms with Crippen molar-refractivity contribution in [1.29, 1.82) is 10.5 Å². The average molecular weight is 248 g/mol. The second-order valence-electron chi connectivity index (χ2n) is 5.65. The highest BCUT2D eigenvalue weighted by atomic mass is 15.2. The Morgan fingerprint density at radius 3 is 1.78 bits per heavy atom. The molecule has 0 amide bonds. The van der Waals surface area contributed by atoms with Crippen LogP contribution in [-0.4, -0.2) is 11.1 Å². The van der Waals surface area contributed by atoms with Crippen molar-refractivity contribution >= 4 is 0 Å². The summed E-state index contributed by atoms with van der Waals surface area (Å²) in [6, 6.07) is 4.37. The number of hydrogen-bond acceptors (Lipinski definition) is 4. The summed E-state index contributed by atoms with van der Waals surface area (Å²) >= 11 is 0. The van der Waals surface area contributed by atoms with Gasteiger partial charge in [0.15, 0.2) is 11.1 Å². The van der Waals surface area contributed by atoms with Gasteiger partial charge in [-0.05, 0) is 39.0 Å². The van der Waals surface area contributed by atoms with Gasteiger partial charge in [-0.1, -0.05) is 27.2 Å². The van der Waals surface area contributed by atoms with Gasteiger partial charge in [0, 0.05) is 0 Å². The fourth-order valence-corrected chi connectivity index (χ4v) is 1.53. The third-order valence-electron chi connectivity index (χ3n) is 2.92. The smallest absolute Gasteiger partial charge is 0.164 e. The molecule has 0 aliphatic heterocycles. The normalized spacial score (nSPS) is 18.0. The van der Waals surface area contributed by atoms with E-state index in [9.17, 15) is 5.26 Å². The molecule has 0 saturated heterocycles.